The predicted molar refractivity (Wildman–Crippen MR) is 62.4 cm³/mol. The molecule has 0 amide bonds. The quantitative estimate of drug-likeness (QED) is 0.794. The van der Waals surface area contributed by atoms with Gasteiger partial charge in [0.25, 0.3) is 0 Å². The lowest BCUT2D eigenvalue weighted by molar-refractivity contribution is 0.0600. The zero-order valence-corrected chi connectivity index (χ0v) is 9.99. The predicted octanol–water partition coefficient (Wildman–Crippen LogP) is 2.18. The van der Waals surface area contributed by atoms with E-state index in [1.54, 1.807) is 26.0 Å². The van der Waals surface area contributed by atoms with Crippen molar-refractivity contribution in [1.82, 2.24) is 0 Å². The molecule has 0 unspecified atom stereocenters. The summed E-state index contributed by atoms with van der Waals surface area (Å²) >= 11 is 0. The highest BCUT2D eigenvalue weighted by Crippen LogP contribution is 2.14. The number of methoxy groups -OCH3 is 1. The molecule has 1 N–H and O–H groups in total. The number of ether oxygens (including phenoxy) is 1. The smallest absolute Gasteiger partial charge is 0.337 e. The Balaban J connectivity index is 2.62. The lowest BCUT2D eigenvalue weighted by Gasteiger charge is -2.16. The van der Waals surface area contributed by atoms with E-state index in [1.165, 1.54) is 7.11 Å². The van der Waals surface area contributed by atoms with Crippen LogP contribution < -0.4 is 0 Å². The van der Waals surface area contributed by atoms with E-state index in [0.29, 0.717) is 12.0 Å². The van der Waals surface area contributed by atoms with Crippen molar-refractivity contribution < 1.29 is 14.6 Å². The minimum Gasteiger partial charge on any atom is -0.465 e. The second-order valence-electron chi connectivity index (χ2n) is 4.50. The van der Waals surface area contributed by atoms with Crippen molar-refractivity contribution in [3.8, 4) is 0 Å². The number of benzene rings is 1. The Morgan fingerprint density at radius 2 is 1.88 bits per heavy atom. The second kappa shape index (κ2) is 5.12. The molecule has 16 heavy (non-hydrogen) atoms. The molecule has 0 aliphatic heterocycles. The average molecular weight is 222 g/mol. The third-order valence-electron chi connectivity index (χ3n) is 2.40. The first-order chi connectivity index (χ1) is 7.42. The first-order valence-electron chi connectivity index (χ1n) is 5.32. The topological polar surface area (TPSA) is 46.5 Å². The molecule has 0 fully saturated rings. The third-order valence-corrected chi connectivity index (χ3v) is 2.40. The number of carbonyl (C=O) groups is 1. The zero-order valence-electron chi connectivity index (χ0n) is 9.99. The van der Waals surface area contributed by atoms with Crippen molar-refractivity contribution >= 4 is 5.97 Å². The molecule has 0 atom stereocenters. The summed E-state index contributed by atoms with van der Waals surface area (Å²) in [6.45, 7) is 3.58. The van der Waals surface area contributed by atoms with Crippen LogP contribution in [0.4, 0.5) is 0 Å². The Hall–Kier alpha value is -1.35. The largest absolute Gasteiger partial charge is 0.465 e. The van der Waals surface area contributed by atoms with Crippen LogP contribution in [-0.2, 0) is 11.2 Å². The summed E-state index contributed by atoms with van der Waals surface area (Å²) < 4.78 is 4.61. The first-order valence-corrected chi connectivity index (χ1v) is 5.32. The molecule has 3 heteroatoms. The molecule has 1 rings (SSSR count). The van der Waals surface area contributed by atoms with E-state index < -0.39 is 5.60 Å². The van der Waals surface area contributed by atoms with Crippen molar-refractivity contribution in [2.24, 2.45) is 0 Å². The molecule has 0 aromatic heterocycles. The van der Waals surface area contributed by atoms with Gasteiger partial charge in [-0.2, -0.15) is 0 Å². The van der Waals surface area contributed by atoms with E-state index >= 15 is 0 Å². The number of hydrogen-bond acceptors (Lipinski definition) is 3. The van der Waals surface area contributed by atoms with Crippen molar-refractivity contribution in [3.63, 3.8) is 0 Å². The molecule has 1 aromatic carbocycles. The van der Waals surface area contributed by atoms with Gasteiger partial charge in [0.15, 0.2) is 0 Å². The third kappa shape index (κ3) is 4.03. The number of esters is 1. The Labute approximate surface area is 96.1 Å². The van der Waals surface area contributed by atoms with Crippen LogP contribution in [0.2, 0.25) is 0 Å². The van der Waals surface area contributed by atoms with Crippen LogP contribution in [0.3, 0.4) is 0 Å². The summed E-state index contributed by atoms with van der Waals surface area (Å²) in [6.07, 6.45) is 1.50. The van der Waals surface area contributed by atoms with Crippen LogP contribution >= 0.6 is 0 Å². The maximum absolute atomic E-state index is 11.2. The Bertz CT molecular complexity index is 346. The number of hydrogen-bond donors (Lipinski definition) is 1. The molecule has 88 valence electrons. The van der Waals surface area contributed by atoms with E-state index in [9.17, 15) is 9.90 Å². The summed E-state index contributed by atoms with van der Waals surface area (Å²) in [5.74, 6) is -0.325. The van der Waals surface area contributed by atoms with Crippen molar-refractivity contribution in [2.45, 2.75) is 32.3 Å². The first kappa shape index (κ1) is 12.7. The summed E-state index contributed by atoms with van der Waals surface area (Å²) in [5.41, 5.74) is 1.00. The molecule has 0 heterocycles. The van der Waals surface area contributed by atoms with Crippen LogP contribution in [0.15, 0.2) is 24.3 Å². The lowest BCUT2D eigenvalue weighted by atomic mass is 9.98. The average Bonchev–Trinajstić information content (AvgIpc) is 2.25. The highest BCUT2D eigenvalue weighted by Gasteiger charge is 2.12. The summed E-state index contributed by atoms with van der Waals surface area (Å²) in [7, 11) is 1.37. The highest BCUT2D eigenvalue weighted by atomic mass is 16.5. The van der Waals surface area contributed by atoms with Gasteiger partial charge >= 0.3 is 5.97 Å². The maximum Gasteiger partial charge on any atom is 0.337 e. The van der Waals surface area contributed by atoms with Crippen LogP contribution in [-0.4, -0.2) is 23.8 Å². The van der Waals surface area contributed by atoms with Crippen LogP contribution in [0.5, 0.6) is 0 Å². The maximum atomic E-state index is 11.2. The monoisotopic (exact) mass is 222 g/mol. The molecule has 0 saturated carbocycles. The van der Waals surface area contributed by atoms with Gasteiger partial charge in [-0.25, -0.2) is 4.79 Å². The van der Waals surface area contributed by atoms with Gasteiger partial charge in [0.1, 0.15) is 0 Å². The zero-order chi connectivity index (χ0) is 12.2. The summed E-state index contributed by atoms with van der Waals surface area (Å²) in [4.78, 5) is 11.2. The lowest BCUT2D eigenvalue weighted by Crippen LogP contribution is -2.19. The molecule has 0 radical (unpaired) electrons. The number of aryl methyl sites for hydroxylation is 1. The molecule has 0 saturated heterocycles. The van der Waals surface area contributed by atoms with Crippen molar-refractivity contribution in [3.05, 3.63) is 35.4 Å². The fourth-order valence-electron chi connectivity index (χ4n) is 1.38. The van der Waals surface area contributed by atoms with E-state index in [1.807, 2.05) is 12.1 Å². The van der Waals surface area contributed by atoms with Crippen molar-refractivity contribution in [2.75, 3.05) is 7.11 Å². The highest BCUT2D eigenvalue weighted by molar-refractivity contribution is 5.89. The molecular formula is C13H18O3. The van der Waals surface area contributed by atoms with Gasteiger partial charge in [-0.1, -0.05) is 12.1 Å². The minimum absolute atomic E-state index is 0.325. The minimum atomic E-state index is -0.652. The number of aliphatic hydroxyl groups is 1. The summed E-state index contributed by atoms with van der Waals surface area (Å²) in [5, 5.41) is 9.59. The second-order valence-corrected chi connectivity index (χ2v) is 4.50. The SMILES string of the molecule is COC(=O)c1ccc(CCC(C)(C)O)cc1. The number of carbonyl (C=O) groups excluding carboxylic acids is 1. The number of rotatable bonds is 4. The standard InChI is InChI=1S/C13H18O3/c1-13(2,15)9-8-10-4-6-11(7-5-10)12(14)16-3/h4-7,15H,8-9H2,1-3H3. The summed E-state index contributed by atoms with van der Waals surface area (Å²) in [6, 6.07) is 7.26. The van der Waals surface area contributed by atoms with Gasteiger partial charge in [-0.15, -0.1) is 0 Å². The van der Waals surface area contributed by atoms with E-state index in [0.717, 1.165) is 12.0 Å². The fourth-order valence-corrected chi connectivity index (χ4v) is 1.38. The Morgan fingerprint density at radius 1 is 1.31 bits per heavy atom. The Morgan fingerprint density at radius 3 is 2.31 bits per heavy atom. The molecule has 0 spiro atoms. The van der Waals surface area contributed by atoms with Gasteiger partial charge in [-0.3, -0.25) is 0 Å². The van der Waals surface area contributed by atoms with Gasteiger partial charge in [0.2, 0.25) is 0 Å². The fraction of sp³-hybridized carbons (Fsp3) is 0.462. The normalized spacial score (nSPS) is 11.2. The molecule has 1 aromatic rings. The van der Waals surface area contributed by atoms with Gasteiger partial charge in [0, 0.05) is 0 Å². The van der Waals surface area contributed by atoms with Crippen molar-refractivity contribution in [1.29, 1.82) is 0 Å². The van der Waals surface area contributed by atoms with Gasteiger partial charge in [-0.05, 0) is 44.4 Å². The molecule has 0 bridgehead atoms. The van der Waals surface area contributed by atoms with Crippen LogP contribution in [0, 0.1) is 0 Å². The van der Waals surface area contributed by atoms with Crippen LogP contribution in [0.25, 0.3) is 0 Å². The van der Waals surface area contributed by atoms with E-state index in [4.69, 9.17) is 0 Å². The molecule has 0 aliphatic rings. The Kier molecular flexibility index (Phi) is 4.07. The molecule has 3 nitrogen and oxygen atoms in total. The van der Waals surface area contributed by atoms with E-state index in [-0.39, 0.29) is 5.97 Å². The van der Waals surface area contributed by atoms with Gasteiger partial charge in [0.05, 0.1) is 18.3 Å². The molecular weight excluding hydrogens is 204 g/mol. The molecule has 0 aliphatic carbocycles. The van der Waals surface area contributed by atoms with E-state index in [2.05, 4.69) is 4.74 Å². The van der Waals surface area contributed by atoms with Crippen LogP contribution in [0.1, 0.15) is 36.2 Å². The van der Waals surface area contributed by atoms with Gasteiger partial charge < -0.3 is 9.84 Å².